The molecule has 17 heavy (non-hydrogen) atoms. The zero-order valence-corrected chi connectivity index (χ0v) is 11.5. The molecule has 2 N–H and O–H groups in total. The summed E-state index contributed by atoms with van der Waals surface area (Å²) in [4.78, 5) is 14.4. The molecule has 1 aliphatic heterocycles. The minimum absolute atomic E-state index is 0.0365. The van der Waals surface area contributed by atoms with Gasteiger partial charge in [0.15, 0.2) is 0 Å². The molecule has 1 atom stereocenters. The van der Waals surface area contributed by atoms with Crippen molar-refractivity contribution in [3.63, 3.8) is 0 Å². The molecule has 0 aromatic heterocycles. The van der Waals surface area contributed by atoms with Crippen LogP contribution in [0.25, 0.3) is 0 Å². The normalized spacial score (nSPS) is 19.9. The van der Waals surface area contributed by atoms with Gasteiger partial charge >= 0.3 is 0 Å². The Balaban J connectivity index is 2.51. The Morgan fingerprint density at radius 3 is 2.12 bits per heavy atom. The lowest BCUT2D eigenvalue weighted by Crippen LogP contribution is -2.41. The first kappa shape index (κ1) is 14.5. The van der Waals surface area contributed by atoms with Crippen molar-refractivity contribution in [2.75, 3.05) is 19.6 Å². The molecule has 3 nitrogen and oxygen atoms in total. The van der Waals surface area contributed by atoms with E-state index in [9.17, 15) is 4.79 Å². The Bertz CT molecular complexity index is 220. The number of hydrogen-bond acceptors (Lipinski definition) is 2. The van der Waals surface area contributed by atoms with Gasteiger partial charge in [-0.3, -0.25) is 4.79 Å². The summed E-state index contributed by atoms with van der Waals surface area (Å²) in [5.41, 5.74) is 5.75. The van der Waals surface area contributed by atoms with Crippen LogP contribution in [0.4, 0.5) is 0 Å². The van der Waals surface area contributed by atoms with Crippen molar-refractivity contribution in [1.29, 1.82) is 0 Å². The molecule has 0 aliphatic carbocycles. The first-order valence-electron chi connectivity index (χ1n) is 7.14. The molecule has 1 rings (SSSR count). The zero-order valence-electron chi connectivity index (χ0n) is 11.5. The number of hydrogen-bond donors (Lipinski definition) is 1. The molecule has 0 bridgehead atoms. The Hall–Kier alpha value is -0.570. The molecule has 0 aromatic rings. The third kappa shape index (κ3) is 5.07. The Morgan fingerprint density at radius 1 is 1.12 bits per heavy atom. The fraction of sp³-hybridized carbons (Fsp3) is 0.929. The summed E-state index contributed by atoms with van der Waals surface area (Å²) in [6, 6.07) is 0. The second-order valence-electron chi connectivity index (χ2n) is 5.66. The topological polar surface area (TPSA) is 46.3 Å². The minimum atomic E-state index is 0.0365. The van der Waals surface area contributed by atoms with Gasteiger partial charge in [-0.05, 0) is 25.2 Å². The molecule has 1 aliphatic rings. The van der Waals surface area contributed by atoms with Gasteiger partial charge in [-0.1, -0.05) is 33.1 Å². The van der Waals surface area contributed by atoms with Gasteiger partial charge < -0.3 is 10.6 Å². The molecule has 3 heteroatoms. The highest BCUT2D eigenvalue weighted by molar-refractivity contribution is 5.79. The Labute approximate surface area is 106 Å². The number of nitrogens with zero attached hydrogens (tertiary/aromatic N) is 1. The maximum Gasteiger partial charge on any atom is 0.226 e. The molecular formula is C14H28N2O. The van der Waals surface area contributed by atoms with Crippen molar-refractivity contribution in [2.45, 2.75) is 52.4 Å². The van der Waals surface area contributed by atoms with Gasteiger partial charge in [0.2, 0.25) is 5.91 Å². The fourth-order valence-electron chi connectivity index (χ4n) is 2.59. The molecule has 1 fully saturated rings. The van der Waals surface area contributed by atoms with E-state index in [1.807, 2.05) is 0 Å². The first-order valence-corrected chi connectivity index (χ1v) is 7.14. The quantitative estimate of drug-likeness (QED) is 0.820. The average Bonchev–Trinajstić information content (AvgIpc) is 2.24. The van der Waals surface area contributed by atoms with Crippen LogP contribution >= 0.6 is 0 Å². The second kappa shape index (κ2) is 7.70. The molecule has 1 heterocycles. The number of likely N-dealkylation sites (tertiary alicyclic amines) is 1. The number of rotatable bonds is 4. The summed E-state index contributed by atoms with van der Waals surface area (Å²) in [5.74, 6) is 0.875. The highest BCUT2D eigenvalue weighted by atomic mass is 16.2. The molecular weight excluding hydrogens is 212 g/mol. The lowest BCUT2D eigenvalue weighted by atomic mass is 9.95. The molecule has 1 unspecified atom stereocenters. The number of carbonyl (C=O) groups excluding carboxylic acids is 1. The zero-order chi connectivity index (χ0) is 12.7. The number of nitrogens with two attached hydrogens (primary N) is 1. The van der Waals surface area contributed by atoms with Crippen molar-refractivity contribution >= 4 is 5.91 Å². The van der Waals surface area contributed by atoms with Crippen LogP contribution in [0.5, 0.6) is 0 Å². The van der Waals surface area contributed by atoms with Crippen LogP contribution in [0, 0.1) is 11.8 Å². The predicted octanol–water partition coefficient (Wildman–Crippen LogP) is 2.40. The Morgan fingerprint density at radius 2 is 1.65 bits per heavy atom. The Kier molecular flexibility index (Phi) is 6.56. The average molecular weight is 240 g/mol. The molecule has 0 saturated carbocycles. The predicted molar refractivity (Wildman–Crippen MR) is 71.7 cm³/mol. The smallest absolute Gasteiger partial charge is 0.226 e. The standard InChI is InChI=1S/C14H28N2O/c1-12(2)10-13(11-15)14(17)16-8-6-4-3-5-7-9-16/h12-13H,3-11,15H2,1-2H3. The molecule has 1 amide bonds. The second-order valence-corrected chi connectivity index (χ2v) is 5.66. The van der Waals surface area contributed by atoms with Crippen LogP contribution in [0.15, 0.2) is 0 Å². The van der Waals surface area contributed by atoms with Crippen LogP contribution in [0.2, 0.25) is 0 Å². The maximum atomic E-state index is 12.4. The van der Waals surface area contributed by atoms with E-state index in [0.29, 0.717) is 18.4 Å². The number of carbonyl (C=O) groups is 1. The largest absolute Gasteiger partial charge is 0.342 e. The van der Waals surface area contributed by atoms with Crippen LogP contribution in [0.1, 0.15) is 52.4 Å². The number of amides is 1. The van der Waals surface area contributed by atoms with E-state index >= 15 is 0 Å². The van der Waals surface area contributed by atoms with Gasteiger partial charge in [-0.15, -0.1) is 0 Å². The first-order chi connectivity index (χ1) is 8.15. The molecule has 1 saturated heterocycles. The fourth-order valence-corrected chi connectivity index (χ4v) is 2.59. The van der Waals surface area contributed by atoms with E-state index in [1.54, 1.807) is 0 Å². The van der Waals surface area contributed by atoms with Gasteiger partial charge in [0, 0.05) is 19.6 Å². The van der Waals surface area contributed by atoms with E-state index < -0.39 is 0 Å². The summed E-state index contributed by atoms with van der Waals surface area (Å²) in [5, 5.41) is 0. The lowest BCUT2D eigenvalue weighted by Gasteiger charge is -2.29. The van der Waals surface area contributed by atoms with Crippen LogP contribution in [0.3, 0.4) is 0 Å². The van der Waals surface area contributed by atoms with Crippen molar-refractivity contribution in [1.82, 2.24) is 4.90 Å². The molecule has 100 valence electrons. The minimum Gasteiger partial charge on any atom is -0.342 e. The van der Waals surface area contributed by atoms with Gasteiger partial charge in [-0.25, -0.2) is 0 Å². The summed E-state index contributed by atoms with van der Waals surface area (Å²) < 4.78 is 0. The third-order valence-corrected chi connectivity index (χ3v) is 3.56. The maximum absolute atomic E-state index is 12.4. The van der Waals surface area contributed by atoms with Gasteiger partial charge in [0.05, 0.1) is 5.92 Å². The van der Waals surface area contributed by atoms with Crippen LogP contribution in [-0.4, -0.2) is 30.4 Å². The monoisotopic (exact) mass is 240 g/mol. The lowest BCUT2D eigenvalue weighted by molar-refractivity contribution is -0.136. The van der Waals surface area contributed by atoms with Crippen molar-refractivity contribution in [3.8, 4) is 0 Å². The summed E-state index contributed by atoms with van der Waals surface area (Å²) in [7, 11) is 0. The van der Waals surface area contributed by atoms with Crippen LogP contribution < -0.4 is 5.73 Å². The SMILES string of the molecule is CC(C)CC(CN)C(=O)N1CCCCCCC1. The highest BCUT2D eigenvalue weighted by Gasteiger charge is 2.23. The van der Waals surface area contributed by atoms with E-state index in [-0.39, 0.29) is 5.92 Å². The highest BCUT2D eigenvalue weighted by Crippen LogP contribution is 2.17. The van der Waals surface area contributed by atoms with Crippen molar-refractivity contribution in [2.24, 2.45) is 17.6 Å². The van der Waals surface area contributed by atoms with E-state index in [2.05, 4.69) is 18.7 Å². The summed E-state index contributed by atoms with van der Waals surface area (Å²) in [6.07, 6.45) is 7.10. The summed E-state index contributed by atoms with van der Waals surface area (Å²) in [6.45, 7) is 6.68. The van der Waals surface area contributed by atoms with Gasteiger partial charge in [0.1, 0.15) is 0 Å². The molecule has 0 spiro atoms. The van der Waals surface area contributed by atoms with E-state index in [1.165, 1.54) is 19.3 Å². The molecule has 0 aromatic carbocycles. The van der Waals surface area contributed by atoms with E-state index in [0.717, 1.165) is 32.4 Å². The van der Waals surface area contributed by atoms with Crippen molar-refractivity contribution < 1.29 is 4.79 Å². The van der Waals surface area contributed by atoms with Gasteiger partial charge in [0.25, 0.3) is 0 Å². The van der Waals surface area contributed by atoms with Gasteiger partial charge in [-0.2, -0.15) is 0 Å². The third-order valence-electron chi connectivity index (χ3n) is 3.56. The summed E-state index contributed by atoms with van der Waals surface area (Å²) >= 11 is 0. The van der Waals surface area contributed by atoms with Crippen molar-refractivity contribution in [3.05, 3.63) is 0 Å². The van der Waals surface area contributed by atoms with Crippen LogP contribution in [-0.2, 0) is 4.79 Å². The van der Waals surface area contributed by atoms with E-state index in [4.69, 9.17) is 5.73 Å². The molecule has 0 radical (unpaired) electrons.